The number of aliphatic hydroxyl groups is 2. The molecule has 0 aromatic rings. The zero-order valence-electron chi connectivity index (χ0n) is 18.5. The Morgan fingerprint density at radius 3 is 2.80 bits per heavy atom. The molecular formula is C24H36O6. The molecule has 1 saturated heterocycles. The number of carbonyl (C=O) groups excluding carboxylic acids is 2. The van der Waals surface area contributed by atoms with Gasteiger partial charge in [-0.05, 0) is 49.7 Å². The molecule has 1 fully saturated rings. The molecule has 30 heavy (non-hydrogen) atoms. The van der Waals surface area contributed by atoms with E-state index < -0.39 is 17.8 Å². The number of aliphatic hydroxyl groups excluding tert-OH is 1. The third-order valence-corrected chi connectivity index (χ3v) is 6.95. The van der Waals surface area contributed by atoms with Gasteiger partial charge in [-0.25, -0.2) is 0 Å². The van der Waals surface area contributed by atoms with Crippen molar-refractivity contribution in [3.63, 3.8) is 0 Å². The Labute approximate surface area is 179 Å². The van der Waals surface area contributed by atoms with Crippen LogP contribution in [0.3, 0.4) is 0 Å². The van der Waals surface area contributed by atoms with Gasteiger partial charge in [-0.15, -0.1) is 0 Å². The quantitative estimate of drug-likeness (QED) is 0.641. The number of allylic oxidation sites excluding steroid dienone is 2. The molecule has 2 aliphatic carbocycles. The van der Waals surface area contributed by atoms with Gasteiger partial charge in [0.25, 0.3) is 0 Å². The first-order valence-electron chi connectivity index (χ1n) is 11.3. The van der Waals surface area contributed by atoms with Gasteiger partial charge in [-0.2, -0.15) is 0 Å². The number of hydrogen-bond acceptors (Lipinski definition) is 6. The Morgan fingerprint density at radius 1 is 1.40 bits per heavy atom. The molecule has 168 valence electrons. The first kappa shape index (κ1) is 23.0. The Hall–Kier alpha value is -1.66. The summed E-state index contributed by atoms with van der Waals surface area (Å²) in [7, 11) is 0. The van der Waals surface area contributed by atoms with E-state index in [4.69, 9.17) is 9.47 Å². The van der Waals surface area contributed by atoms with E-state index >= 15 is 0 Å². The number of carbonyl (C=O) groups is 2. The van der Waals surface area contributed by atoms with E-state index in [0.717, 1.165) is 12.0 Å². The average molecular weight is 421 g/mol. The molecule has 0 amide bonds. The summed E-state index contributed by atoms with van der Waals surface area (Å²) in [6.45, 7) is 7.73. The number of fused-ring (bicyclic) bond motifs is 1. The van der Waals surface area contributed by atoms with E-state index in [2.05, 4.69) is 13.0 Å². The van der Waals surface area contributed by atoms with E-state index in [1.54, 1.807) is 6.92 Å². The molecule has 8 atom stereocenters. The van der Waals surface area contributed by atoms with Crippen molar-refractivity contribution in [1.82, 2.24) is 0 Å². The monoisotopic (exact) mass is 420 g/mol. The number of esters is 2. The zero-order chi connectivity index (χ0) is 22.1. The van der Waals surface area contributed by atoms with Crippen LogP contribution in [0.1, 0.15) is 66.2 Å². The molecule has 0 saturated carbocycles. The van der Waals surface area contributed by atoms with E-state index in [1.807, 2.05) is 26.0 Å². The fraction of sp³-hybridized carbons (Fsp3) is 0.750. The van der Waals surface area contributed by atoms with Crippen molar-refractivity contribution < 1.29 is 29.3 Å². The molecule has 0 radical (unpaired) electrons. The van der Waals surface area contributed by atoms with Gasteiger partial charge in [0.1, 0.15) is 12.2 Å². The molecule has 6 heteroatoms. The van der Waals surface area contributed by atoms with Crippen LogP contribution in [0.5, 0.6) is 0 Å². The Bertz CT molecular complexity index is 708. The Balaban J connectivity index is 1.79. The standard InChI is InChI=1S/C24H36O6/c1-5-14(2)23(27)30-20-13-24(4,28)12-16-7-6-15(3)19(22(16)20)9-8-18-10-17(25)11-21(26)29-18/h6-7,12,14-15,17-20,22,25,28H,5,8-11,13H2,1-4H3/t14-,15-,17+,18?,19-,20-,22-,24+/m0/s1. The highest BCUT2D eigenvalue weighted by atomic mass is 16.6. The second-order valence-corrected chi connectivity index (χ2v) is 9.68. The summed E-state index contributed by atoms with van der Waals surface area (Å²) in [4.78, 5) is 24.2. The first-order valence-corrected chi connectivity index (χ1v) is 11.3. The van der Waals surface area contributed by atoms with Crippen molar-refractivity contribution in [2.75, 3.05) is 0 Å². The van der Waals surface area contributed by atoms with Crippen molar-refractivity contribution in [3.05, 3.63) is 23.8 Å². The lowest BCUT2D eigenvalue weighted by Gasteiger charge is -2.45. The van der Waals surface area contributed by atoms with Crippen molar-refractivity contribution in [3.8, 4) is 0 Å². The molecule has 0 bridgehead atoms. The van der Waals surface area contributed by atoms with Crippen LogP contribution in [-0.4, -0.2) is 46.1 Å². The molecule has 1 unspecified atom stereocenters. The first-order chi connectivity index (χ1) is 14.1. The topological polar surface area (TPSA) is 93.1 Å². The number of hydrogen-bond donors (Lipinski definition) is 2. The van der Waals surface area contributed by atoms with Gasteiger partial charge in [-0.1, -0.05) is 32.9 Å². The maximum atomic E-state index is 12.6. The van der Waals surface area contributed by atoms with Gasteiger partial charge in [0, 0.05) is 18.8 Å². The maximum Gasteiger partial charge on any atom is 0.308 e. The Kier molecular flexibility index (Phi) is 7.08. The van der Waals surface area contributed by atoms with Crippen LogP contribution in [0.25, 0.3) is 0 Å². The summed E-state index contributed by atoms with van der Waals surface area (Å²) < 4.78 is 11.4. The van der Waals surface area contributed by atoms with Crippen LogP contribution >= 0.6 is 0 Å². The molecule has 2 N–H and O–H groups in total. The van der Waals surface area contributed by atoms with E-state index in [0.29, 0.717) is 25.7 Å². The summed E-state index contributed by atoms with van der Waals surface area (Å²) in [6.07, 6.45) is 7.86. The summed E-state index contributed by atoms with van der Waals surface area (Å²) in [5.41, 5.74) is -0.0120. The van der Waals surface area contributed by atoms with Crippen LogP contribution in [0.15, 0.2) is 23.8 Å². The smallest absolute Gasteiger partial charge is 0.308 e. The fourth-order valence-electron chi connectivity index (χ4n) is 5.08. The van der Waals surface area contributed by atoms with Gasteiger partial charge in [0.15, 0.2) is 0 Å². The highest BCUT2D eigenvalue weighted by Gasteiger charge is 2.45. The largest absolute Gasteiger partial charge is 0.462 e. The van der Waals surface area contributed by atoms with Gasteiger partial charge in [-0.3, -0.25) is 9.59 Å². The predicted molar refractivity (Wildman–Crippen MR) is 112 cm³/mol. The van der Waals surface area contributed by atoms with E-state index in [1.165, 1.54) is 0 Å². The number of ether oxygens (including phenoxy) is 2. The van der Waals surface area contributed by atoms with E-state index in [-0.39, 0.29) is 48.1 Å². The predicted octanol–water partition coefficient (Wildman–Crippen LogP) is 3.31. The maximum absolute atomic E-state index is 12.6. The van der Waals surface area contributed by atoms with Crippen LogP contribution in [0.2, 0.25) is 0 Å². The van der Waals surface area contributed by atoms with Crippen molar-refractivity contribution in [1.29, 1.82) is 0 Å². The van der Waals surface area contributed by atoms with Crippen molar-refractivity contribution in [2.45, 2.75) is 90.1 Å². The normalized spacial score (nSPS) is 39.5. The summed E-state index contributed by atoms with van der Waals surface area (Å²) in [5, 5.41) is 20.6. The van der Waals surface area contributed by atoms with E-state index in [9.17, 15) is 19.8 Å². The number of cyclic esters (lactones) is 1. The second-order valence-electron chi connectivity index (χ2n) is 9.68. The lowest BCUT2D eigenvalue weighted by Crippen LogP contribution is -2.46. The second kappa shape index (κ2) is 9.23. The van der Waals surface area contributed by atoms with Gasteiger partial charge >= 0.3 is 11.9 Å². The third-order valence-electron chi connectivity index (χ3n) is 6.95. The minimum Gasteiger partial charge on any atom is -0.462 e. The van der Waals surface area contributed by atoms with Crippen LogP contribution in [-0.2, 0) is 19.1 Å². The average Bonchev–Trinajstić information content (AvgIpc) is 2.65. The van der Waals surface area contributed by atoms with Crippen LogP contribution in [0, 0.1) is 23.7 Å². The molecule has 0 spiro atoms. The van der Waals surface area contributed by atoms with Crippen molar-refractivity contribution >= 4 is 11.9 Å². The summed E-state index contributed by atoms with van der Waals surface area (Å²) >= 11 is 0. The fourth-order valence-corrected chi connectivity index (χ4v) is 5.08. The van der Waals surface area contributed by atoms with Crippen molar-refractivity contribution in [2.24, 2.45) is 23.7 Å². The minimum absolute atomic E-state index is 0.00227. The van der Waals surface area contributed by atoms with Crippen LogP contribution < -0.4 is 0 Å². The molecule has 3 rings (SSSR count). The lowest BCUT2D eigenvalue weighted by molar-refractivity contribution is -0.163. The Morgan fingerprint density at radius 2 is 2.13 bits per heavy atom. The highest BCUT2D eigenvalue weighted by molar-refractivity contribution is 5.72. The van der Waals surface area contributed by atoms with Gasteiger partial charge in [0.05, 0.1) is 24.0 Å². The molecule has 0 aromatic carbocycles. The third kappa shape index (κ3) is 5.33. The van der Waals surface area contributed by atoms with Gasteiger partial charge < -0.3 is 19.7 Å². The van der Waals surface area contributed by atoms with Crippen LogP contribution in [0.4, 0.5) is 0 Å². The summed E-state index contributed by atoms with van der Waals surface area (Å²) in [5.74, 6) is -0.270. The SMILES string of the molecule is CC[C@H](C)C(=O)O[C@H]1C[C@](C)(O)C=C2C=C[C@H](C)[C@H](CCC3C[C@@H](O)CC(=O)O3)[C@H]21. The molecule has 0 aromatic heterocycles. The minimum atomic E-state index is -1.02. The summed E-state index contributed by atoms with van der Waals surface area (Å²) in [6, 6.07) is 0. The lowest BCUT2D eigenvalue weighted by atomic mass is 9.64. The van der Waals surface area contributed by atoms with Gasteiger partial charge in [0.2, 0.25) is 0 Å². The molecule has 6 nitrogen and oxygen atoms in total. The molecule has 1 heterocycles. The molecular weight excluding hydrogens is 384 g/mol. The zero-order valence-corrected chi connectivity index (χ0v) is 18.5. The molecule has 3 aliphatic rings. The molecule has 1 aliphatic heterocycles. The highest BCUT2D eigenvalue weighted by Crippen LogP contribution is 2.46. The number of rotatable bonds is 6.